The molecule has 0 fully saturated rings. The Kier molecular flexibility index (Phi) is 3.77. The van der Waals surface area contributed by atoms with Crippen molar-refractivity contribution in [3.05, 3.63) is 50.1 Å². The molecule has 0 aliphatic carbocycles. The molecule has 0 aliphatic heterocycles. The first-order valence-electron chi connectivity index (χ1n) is 5.15. The van der Waals surface area contributed by atoms with Crippen LogP contribution in [0.25, 0.3) is 0 Å². The molecule has 0 atom stereocenters. The highest BCUT2D eigenvalue weighted by Crippen LogP contribution is 2.27. The number of anilines is 1. The van der Waals surface area contributed by atoms with E-state index < -0.39 is 10.8 Å². The molecule has 1 N–H and O–H groups in total. The fraction of sp³-hybridized carbons (Fsp3) is 0.0909. The molecule has 0 spiro atoms. The smallest absolute Gasteiger partial charge is 0.318 e. The fourth-order valence-corrected chi connectivity index (χ4v) is 2.37. The average Bonchev–Trinajstić information content (AvgIpc) is 2.83. The summed E-state index contributed by atoms with van der Waals surface area (Å²) in [6.45, 7) is 1.78. The first-order valence-corrected chi connectivity index (χ1v) is 6.35. The molecule has 1 amide bonds. The van der Waals surface area contributed by atoms with E-state index in [-0.39, 0.29) is 15.0 Å². The monoisotopic (exact) mass is 297 g/mol. The Morgan fingerprint density at radius 1 is 1.47 bits per heavy atom. The molecule has 2 heterocycles. The van der Waals surface area contributed by atoms with Gasteiger partial charge in [0.05, 0.1) is 15.5 Å². The molecule has 0 bridgehead atoms. The third-order valence-corrected chi connectivity index (χ3v) is 3.67. The van der Waals surface area contributed by atoms with Gasteiger partial charge < -0.3 is 5.32 Å². The number of rotatable bonds is 3. The van der Waals surface area contributed by atoms with Crippen LogP contribution >= 0.6 is 22.9 Å². The van der Waals surface area contributed by atoms with Crippen molar-refractivity contribution >= 4 is 39.5 Å². The Balaban J connectivity index is 2.23. The third-order valence-electron chi connectivity index (χ3n) is 2.35. The van der Waals surface area contributed by atoms with Crippen molar-refractivity contribution < 1.29 is 9.72 Å². The minimum absolute atomic E-state index is 0.0841. The van der Waals surface area contributed by atoms with E-state index in [2.05, 4.69) is 10.3 Å². The largest absolute Gasteiger partial charge is 0.324 e. The van der Waals surface area contributed by atoms with E-state index in [0.717, 1.165) is 16.9 Å². The third kappa shape index (κ3) is 2.88. The summed E-state index contributed by atoms with van der Waals surface area (Å²) in [6.07, 6.45) is 1.53. The molecular weight excluding hydrogens is 290 g/mol. The van der Waals surface area contributed by atoms with Gasteiger partial charge >= 0.3 is 5.00 Å². The molecule has 0 aliphatic rings. The van der Waals surface area contributed by atoms with Crippen molar-refractivity contribution in [1.82, 2.24) is 4.98 Å². The predicted molar refractivity (Wildman–Crippen MR) is 72.9 cm³/mol. The second-order valence-corrected chi connectivity index (χ2v) is 5.06. The lowest BCUT2D eigenvalue weighted by atomic mass is 10.2. The maximum absolute atomic E-state index is 11.9. The highest BCUT2D eigenvalue weighted by atomic mass is 35.5. The van der Waals surface area contributed by atoms with Gasteiger partial charge in [0.1, 0.15) is 0 Å². The van der Waals surface area contributed by atoms with E-state index in [0.29, 0.717) is 5.69 Å². The van der Waals surface area contributed by atoms with Gasteiger partial charge in [-0.05, 0) is 24.6 Å². The van der Waals surface area contributed by atoms with Gasteiger partial charge in [0, 0.05) is 12.3 Å². The molecule has 98 valence electrons. The van der Waals surface area contributed by atoms with E-state index in [1.54, 1.807) is 13.0 Å². The van der Waals surface area contributed by atoms with Crippen molar-refractivity contribution in [3.63, 3.8) is 0 Å². The summed E-state index contributed by atoms with van der Waals surface area (Å²) >= 11 is 6.69. The van der Waals surface area contributed by atoms with Gasteiger partial charge in [-0.25, -0.2) is 4.98 Å². The van der Waals surface area contributed by atoms with Gasteiger partial charge in [0.25, 0.3) is 5.91 Å². The molecule has 6 nitrogen and oxygen atoms in total. The summed E-state index contributed by atoms with van der Waals surface area (Å²) in [5, 5.41) is 13.3. The van der Waals surface area contributed by atoms with Crippen molar-refractivity contribution in [1.29, 1.82) is 0 Å². The predicted octanol–water partition coefficient (Wildman–Crippen LogP) is 3.27. The van der Waals surface area contributed by atoms with E-state index >= 15 is 0 Å². The number of carbonyl (C=O) groups excluding carboxylic acids is 1. The molecule has 2 aromatic rings. The van der Waals surface area contributed by atoms with Crippen molar-refractivity contribution in [2.75, 3.05) is 5.32 Å². The zero-order valence-electron chi connectivity index (χ0n) is 9.71. The maximum atomic E-state index is 11.9. The highest BCUT2D eigenvalue weighted by Gasteiger charge is 2.17. The number of pyridine rings is 1. The molecule has 8 heteroatoms. The molecule has 0 unspecified atom stereocenters. The lowest BCUT2D eigenvalue weighted by Crippen LogP contribution is -2.12. The van der Waals surface area contributed by atoms with Gasteiger partial charge in [-0.15, -0.1) is 0 Å². The van der Waals surface area contributed by atoms with Gasteiger partial charge in [-0.3, -0.25) is 14.9 Å². The van der Waals surface area contributed by atoms with Crippen LogP contribution in [-0.2, 0) is 0 Å². The Morgan fingerprint density at radius 2 is 2.21 bits per heavy atom. The van der Waals surface area contributed by atoms with Crippen LogP contribution < -0.4 is 5.32 Å². The van der Waals surface area contributed by atoms with E-state index in [1.807, 2.05) is 0 Å². The number of aromatic nitrogens is 1. The second-order valence-electron chi connectivity index (χ2n) is 3.64. The average molecular weight is 298 g/mol. The summed E-state index contributed by atoms with van der Waals surface area (Å²) in [5.41, 5.74) is 1.17. The van der Waals surface area contributed by atoms with Gasteiger partial charge in [-0.2, -0.15) is 0 Å². The van der Waals surface area contributed by atoms with E-state index in [1.165, 1.54) is 18.3 Å². The minimum atomic E-state index is -0.538. The molecule has 0 saturated heterocycles. The maximum Gasteiger partial charge on any atom is 0.324 e. The zero-order chi connectivity index (χ0) is 14.0. The fourth-order valence-electron chi connectivity index (χ4n) is 1.40. The number of thiophene rings is 1. The molecule has 2 rings (SSSR count). The Morgan fingerprint density at radius 3 is 2.79 bits per heavy atom. The summed E-state index contributed by atoms with van der Waals surface area (Å²) in [4.78, 5) is 26.1. The van der Waals surface area contributed by atoms with Crippen LogP contribution in [0.15, 0.2) is 24.4 Å². The molecule has 0 saturated carbocycles. The summed E-state index contributed by atoms with van der Waals surface area (Å²) < 4.78 is 0. The van der Waals surface area contributed by atoms with Gasteiger partial charge in [-0.1, -0.05) is 22.9 Å². The normalized spacial score (nSPS) is 10.2. The number of amides is 1. The first kappa shape index (κ1) is 13.4. The number of halogens is 1. The van der Waals surface area contributed by atoms with E-state index in [9.17, 15) is 14.9 Å². The quantitative estimate of drug-likeness (QED) is 0.535. The Hall–Kier alpha value is -1.99. The van der Waals surface area contributed by atoms with Crippen LogP contribution in [0.1, 0.15) is 15.2 Å². The first-order chi connectivity index (χ1) is 8.99. The van der Waals surface area contributed by atoms with Crippen molar-refractivity contribution in [2.24, 2.45) is 0 Å². The number of carbonyl (C=O) groups is 1. The number of aryl methyl sites for hydroxylation is 1. The molecule has 19 heavy (non-hydrogen) atoms. The molecular formula is C11H8ClN3O3S. The number of hydrogen-bond acceptors (Lipinski definition) is 5. The standard InChI is InChI=1S/C11H8ClN3O3S/c1-6-4-5-13-10(12)9(6)14-11(16)7-2-3-8(19-7)15(17)18/h2-5H,1H3,(H,14,16). The Labute approximate surface area is 117 Å². The zero-order valence-corrected chi connectivity index (χ0v) is 11.3. The lowest BCUT2D eigenvalue weighted by molar-refractivity contribution is -0.380. The van der Waals surface area contributed by atoms with Crippen LogP contribution in [-0.4, -0.2) is 15.8 Å². The van der Waals surface area contributed by atoms with Gasteiger partial charge in [0.15, 0.2) is 5.15 Å². The lowest BCUT2D eigenvalue weighted by Gasteiger charge is -2.07. The van der Waals surface area contributed by atoms with Gasteiger partial charge in [0.2, 0.25) is 0 Å². The number of nitrogens with zero attached hydrogens (tertiary/aromatic N) is 2. The van der Waals surface area contributed by atoms with Crippen LogP contribution in [0.5, 0.6) is 0 Å². The molecule has 0 radical (unpaired) electrons. The summed E-state index contributed by atoms with van der Waals surface area (Å²) in [6, 6.07) is 4.40. The molecule has 2 aromatic heterocycles. The topological polar surface area (TPSA) is 85.1 Å². The highest BCUT2D eigenvalue weighted by molar-refractivity contribution is 7.17. The number of nitro groups is 1. The van der Waals surface area contributed by atoms with Crippen LogP contribution in [0.3, 0.4) is 0 Å². The Bertz CT molecular complexity index is 636. The summed E-state index contributed by atoms with van der Waals surface area (Å²) in [7, 11) is 0. The van der Waals surface area contributed by atoms with Crippen LogP contribution in [0.2, 0.25) is 5.15 Å². The number of hydrogen-bond donors (Lipinski definition) is 1. The SMILES string of the molecule is Cc1ccnc(Cl)c1NC(=O)c1ccc([N+](=O)[O-])s1. The molecule has 0 aromatic carbocycles. The summed E-state index contributed by atoms with van der Waals surface area (Å²) in [5.74, 6) is -0.448. The van der Waals surface area contributed by atoms with Crippen LogP contribution in [0.4, 0.5) is 10.7 Å². The van der Waals surface area contributed by atoms with Crippen molar-refractivity contribution in [2.45, 2.75) is 6.92 Å². The van der Waals surface area contributed by atoms with Crippen LogP contribution in [0, 0.1) is 17.0 Å². The number of nitrogens with one attached hydrogen (secondary N) is 1. The van der Waals surface area contributed by atoms with E-state index in [4.69, 9.17) is 11.6 Å². The second kappa shape index (κ2) is 5.33. The van der Waals surface area contributed by atoms with Crippen molar-refractivity contribution in [3.8, 4) is 0 Å². The minimum Gasteiger partial charge on any atom is -0.318 e.